The number of halogens is 1. The predicted molar refractivity (Wildman–Crippen MR) is 126 cm³/mol. The molecule has 1 heterocycles. The van der Waals surface area contributed by atoms with Crippen molar-refractivity contribution >= 4 is 29.1 Å². The van der Waals surface area contributed by atoms with Gasteiger partial charge in [-0.25, -0.2) is 0 Å². The first-order valence-electron chi connectivity index (χ1n) is 10.4. The van der Waals surface area contributed by atoms with E-state index in [0.29, 0.717) is 41.5 Å². The molecule has 0 spiro atoms. The molecule has 7 heteroatoms. The Labute approximate surface area is 193 Å². The SMILES string of the molecule is C=CCOc1ccc(/C(O)=C2\C(=O)C(=O)N(CCCN(C)C)C2c2cccc(Cl)c2)cc1. The summed E-state index contributed by atoms with van der Waals surface area (Å²) in [5, 5.41) is 11.6. The van der Waals surface area contributed by atoms with Gasteiger partial charge in [-0.05, 0) is 69.0 Å². The highest BCUT2D eigenvalue weighted by molar-refractivity contribution is 6.46. The average molecular weight is 455 g/mol. The number of rotatable bonds is 9. The summed E-state index contributed by atoms with van der Waals surface area (Å²) in [6.07, 6.45) is 2.32. The fourth-order valence-corrected chi connectivity index (χ4v) is 3.91. The van der Waals surface area contributed by atoms with Crippen LogP contribution in [0.4, 0.5) is 0 Å². The smallest absolute Gasteiger partial charge is 0.295 e. The van der Waals surface area contributed by atoms with Gasteiger partial charge in [0.05, 0.1) is 11.6 Å². The van der Waals surface area contributed by atoms with Gasteiger partial charge in [-0.2, -0.15) is 0 Å². The zero-order valence-electron chi connectivity index (χ0n) is 18.3. The van der Waals surface area contributed by atoms with Gasteiger partial charge in [-0.15, -0.1) is 0 Å². The normalized spacial score (nSPS) is 17.8. The first kappa shape index (κ1) is 23.6. The minimum Gasteiger partial charge on any atom is -0.507 e. The largest absolute Gasteiger partial charge is 0.507 e. The van der Waals surface area contributed by atoms with Crippen LogP contribution < -0.4 is 4.74 Å². The molecule has 6 nitrogen and oxygen atoms in total. The number of amides is 1. The highest BCUT2D eigenvalue weighted by atomic mass is 35.5. The summed E-state index contributed by atoms with van der Waals surface area (Å²) < 4.78 is 5.47. The van der Waals surface area contributed by atoms with Crippen molar-refractivity contribution < 1.29 is 19.4 Å². The zero-order chi connectivity index (χ0) is 23.3. The van der Waals surface area contributed by atoms with E-state index in [0.717, 1.165) is 6.54 Å². The maximum atomic E-state index is 13.0. The maximum absolute atomic E-state index is 13.0. The second-order valence-electron chi connectivity index (χ2n) is 7.83. The molecule has 0 radical (unpaired) electrons. The Morgan fingerprint density at radius 3 is 2.56 bits per heavy atom. The number of nitrogens with zero attached hydrogens (tertiary/aromatic N) is 2. The van der Waals surface area contributed by atoms with E-state index in [2.05, 4.69) is 6.58 Å². The van der Waals surface area contributed by atoms with Crippen LogP contribution in [0.25, 0.3) is 5.76 Å². The number of Topliss-reactive ketones (excluding diaryl/α,β-unsaturated/α-hetero) is 1. The third-order valence-electron chi connectivity index (χ3n) is 5.20. The zero-order valence-corrected chi connectivity index (χ0v) is 19.0. The molecule has 3 rings (SSSR count). The molecule has 0 aromatic heterocycles. The van der Waals surface area contributed by atoms with Crippen LogP contribution in [0.3, 0.4) is 0 Å². The van der Waals surface area contributed by atoms with Crippen LogP contribution in [0.5, 0.6) is 5.75 Å². The Hall–Kier alpha value is -3.09. The summed E-state index contributed by atoms with van der Waals surface area (Å²) in [7, 11) is 3.90. The predicted octanol–water partition coefficient (Wildman–Crippen LogP) is 4.28. The number of aliphatic hydroxyl groups is 1. The van der Waals surface area contributed by atoms with Crippen molar-refractivity contribution in [1.29, 1.82) is 0 Å². The summed E-state index contributed by atoms with van der Waals surface area (Å²) in [5.74, 6) is -0.943. The van der Waals surface area contributed by atoms with Gasteiger partial charge < -0.3 is 19.6 Å². The van der Waals surface area contributed by atoms with Crippen LogP contribution >= 0.6 is 11.6 Å². The number of hydrogen-bond acceptors (Lipinski definition) is 5. The van der Waals surface area contributed by atoms with Gasteiger partial charge in [-0.3, -0.25) is 9.59 Å². The van der Waals surface area contributed by atoms with Crippen LogP contribution in [-0.2, 0) is 9.59 Å². The fourth-order valence-electron chi connectivity index (χ4n) is 3.71. The van der Waals surface area contributed by atoms with Crippen molar-refractivity contribution in [3.05, 3.63) is 82.9 Å². The average Bonchev–Trinajstić information content (AvgIpc) is 3.02. The van der Waals surface area contributed by atoms with Crippen LogP contribution in [0.15, 0.2) is 66.8 Å². The van der Waals surface area contributed by atoms with E-state index in [1.165, 1.54) is 4.90 Å². The summed E-state index contributed by atoms with van der Waals surface area (Å²) in [6, 6.07) is 13.0. The second-order valence-corrected chi connectivity index (χ2v) is 8.26. The number of benzene rings is 2. The molecule has 168 valence electrons. The van der Waals surface area contributed by atoms with E-state index < -0.39 is 17.7 Å². The first-order chi connectivity index (χ1) is 15.3. The van der Waals surface area contributed by atoms with E-state index >= 15 is 0 Å². The lowest BCUT2D eigenvalue weighted by molar-refractivity contribution is -0.139. The second kappa shape index (κ2) is 10.5. The third-order valence-corrected chi connectivity index (χ3v) is 5.44. The molecule has 1 saturated heterocycles. The number of aliphatic hydroxyl groups excluding tert-OH is 1. The molecule has 1 atom stereocenters. The van der Waals surface area contributed by atoms with Gasteiger partial charge in [0.2, 0.25) is 0 Å². The molecule has 2 aromatic carbocycles. The molecule has 2 aromatic rings. The lowest BCUT2D eigenvalue weighted by Gasteiger charge is -2.26. The van der Waals surface area contributed by atoms with E-state index in [1.807, 2.05) is 19.0 Å². The van der Waals surface area contributed by atoms with Gasteiger partial charge in [0.25, 0.3) is 11.7 Å². The van der Waals surface area contributed by atoms with E-state index in [-0.39, 0.29) is 11.3 Å². The number of ketones is 1. The van der Waals surface area contributed by atoms with Crippen molar-refractivity contribution in [2.75, 3.05) is 33.8 Å². The van der Waals surface area contributed by atoms with Crippen molar-refractivity contribution in [2.24, 2.45) is 0 Å². The molecule has 1 aliphatic heterocycles. The van der Waals surface area contributed by atoms with E-state index in [9.17, 15) is 14.7 Å². The summed E-state index contributed by atoms with van der Waals surface area (Å²) in [5.41, 5.74) is 1.16. The minimum atomic E-state index is -0.715. The molecule has 0 bridgehead atoms. The van der Waals surface area contributed by atoms with Crippen LogP contribution in [-0.4, -0.2) is 60.4 Å². The molecule has 32 heavy (non-hydrogen) atoms. The third kappa shape index (κ3) is 5.21. The number of carbonyl (C=O) groups excluding carboxylic acids is 2. The van der Waals surface area contributed by atoms with Gasteiger partial charge >= 0.3 is 0 Å². The molecule has 1 N–H and O–H groups in total. The Balaban J connectivity index is 2.03. The molecule has 1 unspecified atom stereocenters. The van der Waals surface area contributed by atoms with E-state index in [4.69, 9.17) is 16.3 Å². The number of carbonyl (C=O) groups is 2. The molecule has 1 amide bonds. The van der Waals surface area contributed by atoms with Crippen molar-refractivity contribution in [3.8, 4) is 5.75 Å². The Morgan fingerprint density at radius 1 is 1.22 bits per heavy atom. The van der Waals surface area contributed by atoms with Crippen LogP contribution in [0.1, 0.15) is 23.6 Å². The van der Waals surface area contributed by atoms with Gasteiger partial charge in [0, 0.05) is 17.1 Å². The highest BCUT2D eigenvalue weighted by Crippen LogP contribution is 2.40. The molecule has 1 aliphatic rings. The van der Waals surface area contributed by atoms with Gasteiger partial charge in [0.1, 0.15) is 18.1 Å². The fraction of sp³-hybridized carbons (Fsp3) is 0.280. The maximum Gasteiger partial charge on any atom is 0.295 e. The van der Waals surface area contributed by atoms with Crippen LogP contribution in [0, 0.1) is 0 Å². The first-order valence-corrected chi connectivity index (χ1v) is 10.7. The Kier molecular flexibility index (Phi) is 7.72. The topological polar surface area (TPSA) is 70.1 Å². The molecule has 0 aliphatic carbocycles. The molecular weight excluding hydrogens is 428 g/mol. The standard InChI is InChI=1S/C25H27ClN2O4/c1-4-15-32-20-11-9-17(10-12-20)23(29)21-22(18-7-5-8-19(26)16-18)28(25(31)24(21)30)14-6-13-27(2)3/h4-5,7-12,16,22,29H,1,6,13-15H2,2-3H3/b23-21+. The lowest BCUT2D eigenvalue weighted by atomic mass is 9.95. The highest BCUT2D eigenvalue weighted by Gasteiger charge is 2.45. The summed E-state index contributed by atoms with van der Waals surface area (Å²) in [4.78, 5) is 29.5. The minimum absolute atomic E-state index is 0.0573. The number of hydrogen-bond donors (Lipinski definition) is 1. The number of likely N-dealkylation sites (tertiary alicyclic amines) is 1. The van der Waals surface area contributed by atoms with Crippen LogP contribution in [0.2, 0.25) is 5.02 Å². The molecular formula is C25H27ClN2O4. The van der Waals surface area contributed by atoms with E-state index in [1.54, 1.807) is 54.6 Å². The van der Waals surface area contributed by atoms with Gasteiger partial charge in [0.15, 0.2) is 0 Å². The molecule has 1 fully saturated rings. The Morgan fingerprint density at radius 2 is 1.94 bits per heavy atom. The van der Waals surface area contributed by atoms with Crippen molar-refractivity contribution in [2.45, 2.75) is 12.5 Å². The monoisotopic (exact) mass is 454 g/mol. The van der Waals surface area contributed by atoms with Crippen molar-refractivity contribution in [3.63, 3.8) is 0 Å². The Bertz CT molecular complexity index is 1030. The lowest BCUT2D eigenvalue weighted by Crippen LogP contribution is -2.32. The van der Waals surface area contributed by atoms with Crippen molar-refractivity contribution in [1.82, 2.24) is 9.80 Å². The van der Waals surface area contributed by atoms with Gasteiger partial charge in [-0.1, -0.05) is 36.4 Å². The summed E-state index contributed by atoms with van der Waals surface area (Å²) in [6.45, 7) is 5.11. The number of ether oxygens (including phenoxy) is 1. The molecule has 0 saturated carbocycles. The summed E-state index contributed by atoms with van der Waals surface area (Å²) >= 11 is 6.20. The quantitative estimate of drug-likeness (QED) is 0.265.